The van der Waals surface area contributed by atoms with Crippen molar-refractivity contribution in [3.05, 3.63) is 84.8 Å². The van der Waals surface area contributed by atoms with Gasteiger partial charge in [-0.2, -0.15) is 5.10 Å². The largest absolute Gasteiger partial charge is 0.303 e. The Labute approximate surface area is 229 Å². The molecule has 0 bridgehead atoms. The van der Waals surface area contributed by atoms with Crippen molar-refractivity contribution >= 4 is 28.4 Å². The zero-order chi connectivity index (χ0) is 26.1. The number of fused-ring (bicyclic) bond motifs is 2. The molecule has 6 heteroatoms. The molecular weight excluding hydrogens is 486 g/mol. The van der Waals surface area contributed by atoms with E-state index < -0.39 is 0 Å². The van der Waals surface area contributed by atoms with E-state index in [1.807, 2.05) is 23.0 Å². The van der Waals surface area contributed by atoms with Crippen LogP contribution in [-0.4, -0.2) is 39.1 Å². The van der Waals surface area contributed by atoms with Crippen molar-refractivity contribution in [2.24, 2.45) is 10.6 Å². The first-order chi connectivity index (χ1) is 18.5. The van der Waals surface area contributed by atoms with Gasteiger partial charge in [-0.05, 0) is 83.2 Å². The Hall–Kier alpha value is -3.19. The molecule has 2 N–H and O–H groups in total. The van der Waals surface area contributed by atoms with Crippen molar-refractivity contribution < 1.29 is 0 Å². The average molecular weight is 522 g/mol. The number of piperidine rings is 1. The molecular formula is C32H35N5S. The van der Waals surface area contributed by atoms with Gasteiger partial charge in [0.25, 0.3) is 0 Å². The van der Waals surface area contributed by atoms with E-state index in [-0.39, 0.29) is 5.41 Å². The van der Waals surface area contributed by atoms with Crippen LogP contribution in [-0.2, 0) is 6.42 Å². The van der Waals surface area contributed by atoms with Gasteiger partial charge in [0.05, 0.1) is 6.20 Å². The lowest BCUT2D eigenvalue weighted by Gasteiger charge is -2.35. The van der Waals surface area contributed by atoms with Gasteiger partial charge in [0, 0.05) is 35.0 Å². The Morgan fingerprint density at radius 3 is 2.37 bits per heavy atom. The van der Waals surface area contributed by atoms with Gasteiger partial charge in [-0.15, -0.1) is 0 Å². The van der Waals surface area contributed by atoms with Crippen molar-refractivity contribution in [3.8, 4) is 22.3 Å². The summed E-state index contributed by atoms with van der Waals surface area (Å²) in [6.45, 7) is 8.46. The van der Waals surface area contributed by atoms with Crippen LogP contribution in [0.1, 0.15) is 38.7 Å². The maximum absolute atomic E-state index is 5.91. The third-order valence-corrected chi connectivity index (χ3v) is 8.34. The molecule has 38 heavy (non-hydrogen) atoms. The molecule has 0 atom stereocenters. The second-order valence-electron chi connectivity index (χ2n) is 11.3. The summed E-state index contributed by atoms with van der Waals surface area (Å²) < 4.78 is 1.89. The zero-order valence-electron chi connectivity index (χ0n) is 22.2. The van der Waals surface area contributed by atoms with Crippen molar-refractivity contribution in [3.63, 3.8) is 0 Å². The van der Waals surface area contributed by atoms with E-state index in [1.54, 1.807) is 0 Å². The molecule has 0 saturated carbocycles. The van der Waals surface area contributed by atoms with Crippen molar-refractivity contribution in [2.75, 3.05) is 19.6 Å². The molecule has 0 amide bonds. The normalized spacial score (nSPS) is 14.9. The molecule has 5 aromatic rings. The maximum atomic E-state index is 5.91. The van der Waals surface area contributed by atoms with Gasteiger partial charge < -0.3 is 4.90 Å². The van der Waals surface area contributed by atoms with Crippen LogP contribution >= 0.6 is 11.9 Å². The molecule has 0 radical (unpaired) electrons. The number of hydrogen-bond acceptors (Lipinski definition) is 5. The molecule has 0 spiro atoms. The van der Waals surface area contributed by atoms with Gasteiger partial charge in [-0.1, -0.05) is 74.9 Å². The summed E-state index contributed by atoms with van der Waals surface area (Å²) in [7, 11) is 0. The minimum absolute atomic E-state index is 0.260. The number of benzene rings is 3. The van der Waals surface area contributed by atoms with Crippen LogP contribution in [0.3, 0.4) is 0 Å². The fraction of sp³-hybridized carbons (Fsp3) is 0.312. The van der Waals surface area contributed by atoms with Gasteiger partial charge in [0.1, 0.15) is 0 Å². The summed E-state index contributed by atoms with van der Waals surface area (Å²) in [4.78, 5) is 8.56. The second kappa shape index (κ2) is 10.5. The zero-order valence-corrected chi connectivity index (χ0v) is 23.0. The Balaban J connectivity index is 1.24. The lowest BCUT2D eigenvalue weighted by molar-refractivity contribution is 0.152. The Morgan fingerprint density at radius 1 is 0.842 bits per heavy atom. The topological polar surface area (TPSA) is 59.4 Å². The first-order valence-electron chi connectivity index (χ1n) is 13.5. The Kier molecular flexibility index (Phi) is 6.95. The fourth-order valence-electron chi connectivity index (χ4n) is 5.97. The molecule has 2 aromatic heterocycles. The highest BCUT2D eigenvalue weighted by Crippen LogP contribution is 2.35. The molecule has 1 fully saturated rings. The molecule has 1 aliphatic heterocycles. The van der Waals surface area contributed by atoms with Gasteiger partial charge in [0.15, 0.2) is 5.65 Å². The molecule has 3 aromatic carbocycles. The Bertz CT molecular complexity index is 1560. The summed E-state index contributed by atoms with van der Waals surface area (Å²) in [6.07, 6.45) is 11.1. The molecule has 3 heterocycles. The minimum Gasteiger partial charge on any atom is -0.303 e. The highest BCUT2D eigenvalue weighted by atomic mass is 32.2. The van der Waals surface area contributed by atoms with Gasteiger partial charge in [0.2, 0.25) is 0 Å². The van der Waals surface area contributed by atoms with Gasteiger partial charge in [-0.25, -0.2) is 9.50 Å². The van der Waals surface area contributed by atoms with Crippen molar-refractivity contribution in [2.45, 2.75) is 44.4 Å². The summed E-state index contributed by atoms with van der Waals surface area (Å²) in [5, 5.41) is 12.9. The minimum atomic E-state index is 0.260. The number of rotatable bonds is 7. The van der Waals surface area contributed by atoms with Crippen molar-refractivity contribution in [1.29, 1.82) is 0 Å². The summed E-state index contributed by atoms with van der Waals surface area (Å²) in [5.41, 5.74) is 6.85. The monoisotopic (exact) mass is 521 g/mol. The van der Waals surface area contributed by atoms with E-state index in [4.69, 9.17) is 10.1 Å². The maximum Gasteiger partial charge on any atom is 0.162 e. The van der Waals surface area contributed by atoms with Gasteiger partial charge in [-0.3, -0.25) is 5.14 Å². The predicted molar refractivity (Wildman–Crippen MR) is 159 cm³/mol. The third kappa shape index (κ3) is 5.08. The lowest BCUT2D eigenvalue weighted by atomic mass is 9.84. The molecule has 6 rings (SSSR count). The molecule has 0 unspecified atom stereocenters. The van der Waals surface area contributed by atoms with Gasteiger partial charge >= 0.3 is 0 Å². The standard InChI is InChI=1S/C32H35N5S/c1-32(2,22-36-16-6-3-7-17-36)18-23-10-12-24(13-11-23)25-19-34-31-29(20-35-37(31)21-25)27-14-15-30(38-33)28-9-5-4-8-26(27)28/h4-5,8-15,19-21H,3,6-7,16-18,22,33H2,1-2H3. The predicted octanol–water partition coefficient (Wildman–Crippen LogP) is 7.24. The smallest absolute Gasteiger partial charge is 0.162 e. The van der Waals surface area contributed by atoms with E-state index in [1.165, 1.54) is 56.4 Å². The SMILES string of the molecule is CC(C)(Cc1ccc(-c2cnc3c(-c4ccc(SN)c5ccccc45)cnn3c2)cc1)CN1CCCCC1. The van der Waals surface area contributed by atoms with E-state index in [2.05, 4.69) is 84.6 Å². The van der Waals surface area contributed by atoms with Crippen LogP contribution in [0.4, 0.5) is 0 Å². The molecule has 0 aliphatic carbocycles. The quantitative estimate of drug-likeness (QED) is 0.229. The number of hydrogen-bond donors (Lipinski definition) is 1. The highest BCUT2D eigenvalue weighted by Gasteiger charge is 2.23. The molecule has 1 saturated heterocycles. The van der Waals surface area contributed by atoms with E-state index in [0.29, 0.717) is 0 Å². The number of nitrogens with two attached hydrogens (primary N) is 1. The fourth-order valence-corrected chi connectivity index (χ4v) is 6.42. The van der Waals surface area contributed by atoms with Crippen LogP contribution in [0.25, 0.3) is 38.7 Å². The summed E-state index contributed by atoms with van der Waals surface area (Å²) >= 11 is 1.28. The summed E-state index contributed by atoms with van der Waals surface area (Å²) in [6, 6.07) is 21.5. The van der Waals surface area contributed by atoms with Crippen LogP contribution in [0.5, 0.6) is 0 Å². The molecule has 1 aliphatic rings. The van der Waals surface area contributed by atoms with E-state index >= 15 is 0 Å². The average Bonchev–Trinajstić information content (AvgIpc) is 3.36. The molecule has 194 valence electrons. The number of nitrogens with zero attached hydrogens (tertiary/aromatic N) is 4. The van der Waals surface area contributed by atoms with Crippen LogP contribution in [0.2, 0.25) is 0 Å². The van der Waals surface area contributed by atoms with Crippen LogP contribution < -0.4 is 5.14 Å². The summed E-state index contributed by atoms with van der Waals surface area (Å²) in [5.74, 6) is 0. The highest BCUT2D eigenvalue weighted by molar-refractivity contribution is 7.97. The van der Waals surface area contributed by atoms with Crippen LogP contribution in [0, 0.1) is 5.41 Å². The Morgan fingerprint density at radius 2 is 1.61 bits per heavy atom. The first-order valence-corrected chi connectivity index (χ1v) is 14.4. The number of aromatic nitrogens is 3. The molecule has 5 nitrogen and oxygen atoms in total. The third-order valence-electron chi connectivity index (χ3n) is 7.73. The first kappa shape index (κ1) is 25.1. The number of likely N-dealkylation sites (tertiary alicyclic amines) is 1. The van der Waals surface area contributed by atoms with E-state index in [9.17, 15) is 0 Å². The van der Waals surface area contributed by atoms with Crippen molar-refractivity contribution in [1.82, 2.24) is 19.5 Å². The lowest BCUT2D eigenvalue weighted by Crippen LogP contribution is -2.38. The van der Waals surface area contributed by atoms with Crippen LogP contribution in [0.15, 0.2) is 84.1 Å². The van der Waals surface area contributed by atoms with E-state index in [0.717, 1.165) is 50.0 Å². The second-order valence-corrected chi connectivity index (χ2v) is 12.0.